The fourth-order valence-electron chi connectivity index (χ4n) is 2.01. The van der Waals surface area contributed by atoms with Gasteiger partial charge in [0.2, 0.25) is 0 Å². The van der Waals surface area contributed by atoms with Gasteiger partial charge in [0.1, 0.15) is 5.75 Å². The molecule has 86 valence electrons. The Morgan fingerprint density at radius 2 is 2.31 bits per heavy atom. The predicted molar refractivity (Wildman–Crippen MR) is 61.0 cm³/mol. The van der Waals surface area contributed by atoms with Gasteiger partial charge < -0.3 is 9.47 Å². The van der Waals surface area contributed by atoms with Crippen molar-refractivity contribution in [3.8, 4) is 5.75 Å². The Kier molecular flexibility index (Phi) is 3.25. The maximum atomic E-state index is 12.1. The van der Waals surface area contributed by atoms with Gasteiger partial charge in [0.05, 0.1) is 13.7 Å². The van der Waals surface area contributed by atoms with Crippen LogP contribution in [-0.2, 0) is 4.74 Å². The zero-order chi connectivity index (χ0) is 11.5. The molecule has 1 fully saturated rings. The number of hydrogen-bond donors (Lipinski definition) is 0. The molecule has 0 amide bonds. The van der Waals surface area contributed by atoms with Crippen molar-refractivity contribution in [3.05, 3.63) is 29.3 Å². The summed E-state index contributed by atoms with van der Waals surface area (Å²) in [5, 5.41) is 0. The molecular weight excluding hydrogens is 204 g/mol. The summed E-state index contributed by atoms with van der Waals surface area (Å²) in [5.41, 5.74) is 1.75. The summed E-state index contributed by atoms with van der Waals surface area (Å²) >= 11 is 0. The minimum absolute atomic E-state index is 0.0350. The summed E-state index contributed by atoms with van der Waals surface area (Å²) in [6, 6.07) is 5.56. The predicted octanol–water partition coefficient (Wildman–Crippen LogP) is 2.22. The molecule has 1 atom stereocenters. The van der Waals surface area contributed by atoms with Crippen molar-refractivity contribution >= 4 is 5.78 Å². The second-order valence-electron chi connectivity index (χ2n) is 4.11. The molecule has 1 saturated heterocycles. The van der Waals surface area contributed by atoms with E-state index in [-0.39, 0.29) is 11.7 Å². The molecule has 0 saturated carbocycles. The Bertz CT molecular complexity index is 392. The minimum atomic E-state index is 0.0350. The van der Waals surface area contributed by atoms with Crippen LogP contribution in [0.3, 0.4) is 0 Å². The van der Waals surface area contributed by atoms with Gasteiger partial charge in [-0.05, 0) is 37.1 Å². The molecule has 3 nitrogen and oxygen atoms in total. The molecule has 0 N–H and O–H groups in total. The molecule has 1 aliphatic rings. The van der Waals surface area contributed by atoms with E-state index in [1.54, 1.807) is 7.11 Å². The zero-order valence-electron chi connectivity index (χ0n) is 9.66. The average molecular weight is 220 g/mol. The highest BCUT2D eigenvalue weighted by molar-refractivity contribution is 5.98. The van der Waals surface area contributed by atoms with E-state index in [9.17, 15) is 4.79 Å². The molecular formula is C13H16O3. The van der Waals surface area contributed by atoms with Crippen LogP contribution in [0.4, 0.5) is 0 Å². The Balaban J connectivity index is 2.20. The highest BCUT2D eigenvalue weighted by Gasteiger charge is 2.24. The molecule has 0 radical (unpaired) electrons. The molecule has 0 bridgehead atoms. The topological polar surface area (TPSA) is 35.5 Å². The van der Waals surface area contributed by atoms with Crippen LogP contribution in [0.5, 0.6) is 5.75 Å². The van der Waals surface area contributed by atoms with Crippen LogP contribution in [0.2, 0.25) is 0 Å². The number of ketones is 1. The lowest BCUT2D eigenvalue weighted by Gasteiger charge is -2.09. The van der Waals surface area contributed by atoms with Gasteiger partial charge in [-0.2, -0.15) is 0 Å². The monoisotopic (exact) mass is 220 g/mol. The van der Waals surface area contributed by atoms with Crippen molar-refractivity contribution in [1.29, 1.82) is 0 Å². The van der Waals surface area contributed by atoms with Gasteiger partial charge in [-0.15, -0.1) is 0 Å². The van der Waals surface area contributed by atoms with Crippen molar-refractivity contribution in [3.63, 3.8) is 0 Å². The van der Waals surface area contributed by atoms with E-state index < -0.39 is 0 Å². The molecule has 2 rings (SSSR count). The number of rotatable bonds is 3. The first-order valence-corrected chi connectivity index (χ1v) is 5.49. The number of carbonyl (C=O) groups is 1. The van der Waals surface area contributed by atoms with E-state index in [1.165, 1.54) is 0 Å². The Hall–Kier alpha value is -1.35. The summed E-state index contributed by atoms with van der Waals surface area (Å²) in [6.07, 6.45) is 0.837. The molecule has 0 aliphatic carbocycles. The van der Waals surface area contributed by atoms with E-state index >= 15 is 0 Å². The second-order valence-corrected chi connectivity index (χ2v) is 4.11. The molecule has 0 aromatic heterocycles. The smallest absolute Gasteiger partial charge is 0.168 e. The number of methoxy groups -OCH3 is 1. The number of carbonyl (C=O) groups excluding carboxylic acids is 1. The first-order chi connectivity index (χ1) is 7.72. The summed E-state index contributed by atoms with van der Waals surface area (Å²) < 4.78 is 10.4. The van der Waals surface area contributed by atoms with Gasteiger partial charge in [0, 0.05) is 18.1 Å². The van der Waals surface area contributed by atoms with Crippen LogP contribution >= 0.6 is 0 Å². The third kappa shape index (κ3) is 2.09. The number of ether oxygens (including phenoxy) is 2. The molecule has 1 heterocycles. The van der Waals surface area contributed by atoms with Crippen molar-refractivity contribution in [1.82, 2.24) is 0 Å². The van der Waals surface area contributed by atoms with Crippen LogP contribution < -0.4 is 4.74 Å². The van der Waals surface area contributed by atoms with Gasteiger partial charge in [-0.3, -0.25) is 4.79 Å². The lowest BCUT2D eigenvalue weighted by atomic mass is 9.96. The molecule has 1 unspecified atom stereocenters. The largest absolute Gasteiger partial charge is 0.496 e. The van der Waals surface area contributed by atoms with Gasteiger partial charge >= 0.3 is 0 Å². The first kappa shape index (κ1) is 11.1. The van der Waals surface area contributed by atoms with Gasteiger partial charge in [-0.25, -0.2) is 0 Å². The number of aryl methyl sites for hydroxylation is 1. The Morgan fingerprint density at radius 3 is 2.88 bits per heavy atom. The molecule has 1 aliphatic heterocycles. The van der Waals surface area contributed by atoms with Crippen molar-refractivity contribution in [2.45, 2.75) is 13.3 Å². The summed E-state index contributed by atoms with van der Waals surface area (Å²) in [6.45, 7) is 3.20. The standard InChI is InChI=1S/C13H16O3/c1-9-7-10(3-4-12(9)15-2)13(14)11-5-6-16-8-11/h3-4,7,11H,5-6,8H2,1-2H3. The van der Waals surface area contributed by atoms with Crippen LogP contribution in [-0.4, -0.2) is 26.1 Å². The van der Waals surface area contributed by atoms with Crippen molar-refractivity contribution in [2.75, 3.05) is 20.3 Å². The lowest BCUT2D eigenvalue weighted by molar-refractivity contribution is 0.0900. The normalized spacial score (nSPS) is 19.8. The van der Waals surface area contributed by atoms with E-state index in [2.05, 4.69) is 0 Å². The van der Waals surface area contributed by atoms with E-state index in [0.29, 0.717) is 13.2 Å². The quantitative estimate of drug-likeness (QED) is 0.733. The molecule has 1 aromatic carbocycles. The lowest BCUT2D eigenvalue weighted by Crippen LogP contribution is -2.14. The maximum absolute atomic E-state index is 12.1. The van der Waals surface area contributed by atoms with Crippen LogP contribution in [0.25, 0.3) is 0 Å². The second kappa shape index (κ2) is 4.66. The highest BCUT2D eigenvalue weighted by atomic mass is 16.5. The van der Waals surface area contributed by atoms with Gasteiger partial charge in [-0.1, -0.05) is 0 Å². The van der Waals surface area contributed by atoms with E-state index in [1.807, 2.05) is 25.1 Å². The molecule has 0 spiro atoms. The van der Waals surface area contributed by atoms with E-state index in [4.69, 9.17) is 9.47 Å². The summed E-state index contributed by atoms with van der Waals surface area (Å²) in [7, 11) is 1.63. The van der Waals surface area contributed by atoms with Gasteiger partial charge in [0.25, 0.3) is 0 Å². The van der Waals surface area contributed by atoms with Crippen LogP contribution in [0, 0.1) is 12.8 Å². The Labute approximate surface area is 95.4 Å². The minimum Gasteiger partial charge on any atom is -0.496 e. The van der Waals surface area contributed by atoms with Gasteiger partial charge in [0.15, 0.2) is 5.78 Å². The highest BCUT2D eigenvalue weighted by Crippen LogP contribution is 2.23. The fourth-order valence-corrected chi connectivity index (χ4v) is 2.01. The maximum Gasteiger partial charge on any atom is 0.168 e. The summed E-state index contributed by atoms with van der Waals surface area (Å²) in [4.78, 5) is 12.1. The number of benzene rings is 1. The average Bonchev–Trinajstić information content (AvgIpc) is 2.81. The fraction of sp³-hybridized carbons (Fsp3) is 0.462. The van der Waals surface area contributed by atoms with Crippen LogP contribution in [0.15, 0.2) is 18.2 Å². The summed E-state index contributed by atoms with van der Waals surface area (Å²) in [5.74, 6) is 1.04. The molecule has 3 heteroatoms. The molecule has 16 heavy (non-hydrogen) atoms. The molecule has 1 aromatic rings. The van der Waals surface area contributed by atoms with Crippen LogP contribution in [0.1, 0.15) is 22.3 Å². The SMILES string of the molecule is COc1ccc(C(=O)C2CCOC2)cc1C. The third-order valence-corrected chi connectivity index (χ3v) is 2.98. The van der Waals surface area contributed by atoms with Crippen molar-refractivity contribution in [2.24, 2.45) is 5.92 Å². The van der Waals surface area contributed by atoms with Crippen molar-refractivity contribution < 1.29 is 14.3 Å². The first-order valence-electron chi connectivity index (χ1n) is 5.49. The van der Waals surface area contributed by atoms with E-state index in [0.717, 1.165) is 23.3 Å². The number of Topliss-reactive ketones (excluding diaryl/α,β-unsaturated/α-hetero) is 1. The number of hydrogen-bond acceptors (Lipinski definition) is 3. The third-order valence-electron chi connectivity index (χ3n) is 2.98. The zero-order valence-corrected chi connectivity index (χ0v) is 9.66. The Morgan fingerprint density at radius 1 is 1.50 bits per heavy atom.